The van der Waals surface area contributed by atoms with Crippen molar-refractivity contribution in [3.8, 4) is 0 Å². The Morgan fingerprint density at radius 2 is 2.28 bits per heavy atom. The lowest BCUT2D eigenvalue weighted by molar-refractivity contribution is -0.157. The molecule has 2 N–H and O–H groups in total. The van der Waals surface area contributed by atoms with Crippen LogP contribution in [0.3, 0.4) is 0 Å². The highest BCUT2D eigenvalue weighted by Gasteiger charge is 2.58. The molecule has 0 aromatic rings. The van der Waals surface area contributed by atoms with Crippen LogP contribution in [-0.2, 0) is 4.74 Å². The molecule has 2 rings (SSSR count). The molecule has 2 aliphatic heterocycles. The molecular formula is C12H20F2N2O2. The maximum atomic E-state index is 14.2. The average molecular weight is 262 g/mol. The zero-order chi connectivity index (χ0) is 13.5. The van der Waals surface area contributed by atoms with Crippen LogP contribution in [0.15, 0.2) is 12.4 Å². The summed E-state index contributed by atoms with van der Waals surface area (Å²) in [6.07, 6.45) is -1.51. The third-order valence-corrected chi connectivity index (χ3v) is 3.81. The molecule has 0 spiro atoms. The molecule has 4 atom stereocenters. The Hall–Kier alpha value is -0.880. The smallest absolute Gasteiger partial charge is 0.296 e. The number of halogens is 2. The molecule has 0 aromatic heterocycles. The van der Waals surface area contributed by atoms with Gasteiger partial charge in [-0.15, -0.1) is 0 Å². The standard InChI is InChI=1S/C12H20F2N2O2/c1-4-9-7(2)12(13,14)11(18-9)16-6-5-10(17)15-8(16)3/h7,9-11,15,17H,3-6H2,1-2H3/t7-,9-,10?,11-/m1/s1. The van der Waals surface area contributed by atoms with Crippen LogP contribution in [0.1, 0.15) is 26.7 Å². The molecule has 18 heavy (non-hydrogen) atoms. The van der Waals surface area contributed by atoms with E-state index in [-0.39, 0.29) is 0 Å². The molecule has 0 radical (unpaired) electrons. The van der Waals surface area contributed by atoms with Crippen molar-refractivity contribution in [2.24, 2.45) is 5.92 Å². The highest BCUT2D eigenvalue weighted by atomic mass is 19.3. The number of alkyl halides is 2. The second kappa shape index (κ2) is 4.66. The zero-order valence-corrected chi connectivity index (χ0v) is 10.7. The van der Waals surface area contributed by atoms with Gasteiger partial charge in [0, 0.05) is 13.0 Å². The molecule has 4 nitrogen and oxygen atoms in total. The van der Waals surface area contributed by atoms with Crippen molar-refractivity contribution in [1.29, 1.82) is 0 Å². The van der Waals surface area contributed by atoms with E-state index in [1.807, 2.05) is 6.92 Å². The van der Waals surface area contributed by atoms with Crippen molar-refractivity contribution in [3.05, 3.63) is 12.4 Å². The molecule has 2 aliphatic rings. The van der Waals surface area contributed by atoms with E-state index in [1.165, 1.54) is 11.8 Å². The molecule has 2 saturated heterocycles. The predicted molar refractivity (Wildman–Crippen MR) is 62.7 cm³/mol. The summed E-state index contributed by atoms with van der Waals surface area (Å²) in [7, 11) is 0. The van der Waals surface area contributed by atoms with E-state index >= 15 is 0 Å². The van der Waals surface area contributed by atoms with Gasteiger partial charge in [-0.05, 0) is 6.42 Å². The Labute approximate surface area is 106 Å². The Morgan fingerprint density at radius 3 is 2.78 bits per heavy atom. The van der Waals surface area contributed by atoms with Crippen LogP contribution in [0.4, 0.5) is 8.78 Å². The first-order chi connectivity index (χ1) is 8.37. The topological polar surface area (TPSA) is 44.7 Å². The molecule has 2 heterocycles. The van der Waals surface area contributed by atoms with Gasteiger partial charge in [0.15, 0.2) is 6.23 Å². The Balaban J connectivity index is 2.15. The summed E-state index contributed by atoms with van der Waals surface area (Å²) in [6, 6.07) is 0. The maximum Gasteiger partial charge on any atom is 0.296 e. The minimum Gasteiger partial charge on any atom is -0.374 e. The van der Waals surface area contributed by atoms with E-state index in [0.29, 0.717) is 25.2 Å². The van der Waals surface area contributed by atoms with Gasteiger partial charge in [-0.2, -0.15) is 0 Å². The Morgan fingerprint density at radius 1 is 1.61 bits per heavy atom. The highest BCUT2D eigenvalue weighted by molar-refractivity contribution is 5.04. The molecule has 0 saturated carbocycles. The number of ether oxygens (including phenoxy) is 1. The summed E-state index contributed by atoms with van der Waals surface area (Å²) < 4.78 is 33.9. The second-order valence-corrected chi connectivity index (χ2v) is 4.99. The lowest BCUT2D eigenvalue weighted by Crippen LogP contribution is -2.54. The first kappa shape index (κ1) is 13.5. The van der Waals surface area contributed by atoms with Gasteiger partial charge in [0.25, 0.3) is 5.92 Å². The van der Waals surface area contributed by atoms with Gasteiger partial charge in [0.1, 0.15) is 6.23 Å². The van der Waals surface area contributed by atoms with Gasteiger partial charge in [0.05, 0.1) is 17.8 Å². The normalized spacial score (nSPS) is 39.8. The number of nitrogens with zero attached hydrogens (tertiary/aromatic N) is 1. The first-order valence-electron chi connectivity index (χ1n) is 6.31. The largest absolute Gasteiger partial charge is 0.374 e. The van der Waals surface area contributed by atoms with Gasteiger partial charge >= 0.3 is 0 Å². The van der Waals surface area contributed by atoms with Crippen LogP contribution in [-0.4, -0.2) is 41.0 Å². The quantitative estimate of drug-likeness (QED) is 0.791. The van der Waals surface area contributed by atoms with E-state index in [4.69, 9.17) is 4.74 Å². The number of aliphatic hydroxyl groups is 1. The molecule has 0 aliphatic carbocycles. The van der Waals surface area contributed by atoms with Crippen molar-refractivity contribution in [3.63, 3.8) is 0 Å². The van der Waals surface area contributed by atoms with Crippen molar-refractivity contribution >= 4 is 0 Å². The molecule has 0 aromatic carbocycles. The fourth-order valence-electron chi connectivity index (χ4n) is 2.58. The van der Waals surface area contributed by atoms with Crippen LogP contribution >= 0.6 is 0 Å². The SMILES string of the molecule is C=C1NC(O)CCN1[C@@H]1O[C@H](CC)[C@@H](C)C1(F)F. The summed E-state index contributed by atoms with van der Waals surface area (Å²) in [5.41, 5.74) is 0. The molecule has 0 bridgehead atoms. The minimum atomic E-state index is -2.91. The van der Waals surface area contributed by atoms with Crippen LogP contribution in [0.5, 0.6) is 0 Å². The number of rotatable bonds is 2. The lowest BCUT2D eigenvalue weighted by Gasteiger charge is -2.40. The number of hydrogen-bond acceptors (Lipinski definition) is 4. The maximum absolute atomic E-state index is 14.2. The number of nitrogens with one attached hydrogen (secondary N) is 1. The first-order valence-corrected chi connectivity index (χ1v) is 6.31. The van der Waals surface area contributed by atoms with Crippen LogP contribution in [0.25, 0.3) is 0 Å². The molecule has 0 amide bonds. The Kier molecular flexibility index (Phi) is 3.51. The van der Waals surface area contributed by atoms with Crippen LogP contribution < -0.4 is 5.32 Å². The van der Waals surface area contributed by atoms with Crippen molar-refractivity contribution < 1.29 is 18.6 Å². The molecule has 2 fully saturated rings. The van der Waals surface area contributed by atoms with Gasteiger partial charge in [-0.1, -0.05) is 20.4 Å². The summed E-state index contributed by atoms with van der Waals surface area (Å²) in [4.78, 5) is 1.42. The van der Waals surface area contributed by atoms with Gasteiger partial charge < -0.3 is 20.1 Å². The van der Waals surface area contributed by atoms with E-state index in [9.17, 15) is 13.9 Å². The summed E-state index contributed by atoms with van der Waals surface area (Å²) >= 11 is 0. The fraction of sp³-hybridized carbons (Fsp3) is 0.833. The van der Waals surface area contributed by atoms with Crippen LogP contribution in [0.2, 0.25) is 0 Å². The molecule has 6 heteroatoms. The minimum absolute atomic E-state index is 0.294. The average Bonchev–Trinajstić information content (AvgIpc) is 2.52. The van der Waals surface area contributed by atoms with E-state index in [0.717, 1.165) is 0 Å². The lowest BCUT2D eigenvalue weighted by atomic mass is 9.97. The molecule has 104 valence electrons. The summed E-state index contributed by atoms with van der Waals surface area (Å²) in [5, 5.41) is 12.1. The predicted octanol–water partition coefficient (Wildman–Crippen LogP) is 1.48. The second-order valence-electron chi connectivity index (χ2n) is 4.99. The van der Waals surface area contributed by atoms with Crippen LogP contribution in [0, 0.1) is 5.92 Å². The van der Waals surface area contributed by atoms with E-state index < -0.39 is 30.4 Å². The van der Waals surface area contributed by atoms with Gasteiger partial charge in [0.2, 0.25) is 0 Å². The van der Waals surface area contributed by atoms with Crippen molar-refractivity contribution in [2.75, 3.05) is 6.54 Å². The van der Waals surface area contributed by atoms with Gasteiger partial charge in [-0.25, -0.2) is 8.78 Å². The fourth-order valence-corrected chi connectivity index (χ4v) is 2.58. The van der Waals surface area contributed by atoms with Crippen molar-refractivity contribution in [1.82, 2.24) is 10.2 Å². The number of hydrogen-bond donors (Lipinski definition) is 2. The number of aliphatic hydroxyl groups excluding tert-OH is 1. The van der Waals surface area contributed by atoms with E-state index in [2.05, 4.69) is 11.9 Å². The third-order valence-electron chi connectivity index (χ3n) is 3.81. The summed E-state index contributed by atoms with van der Waals surface area (Å²) in [5.74, 6) is -3.43. The van der Waals surface area contributed by atoms with E-state index in [1.54, 1.807) is 0 Å². The highest BCUT2D eigenvalue weighted by Crippen LogP contribution is 2.44. The monoisotopic (exact) mass is 262 g/mol. The zero-order valence-electron chi connectivity index (χ0n) is 10.7. The Bertz CT molecular complexity index is 338. The summed E-state index contributed by atoms with van der Waals surface area (Å²) in [6.45, 7) is 7.35. The van der Waals surface area contributed by atoms with Crippen molar-refractivity contribution in [2.45, 2.75) is 51.2 Å². The molecular weight excluding hydrogens is 242 g/mol. The third kappa shape index (κ3) is 2.07. The van der Waals surface area contributed by atoms with Gasteiger partial charge in [-0.3, -0.25) is 0 Å². The molecule has 1 unspecified atom stereocenters.